The van der Waals surface area contributed by atoms with E-state index in [0.717, 1.165) is 17.7 Å². The van der Waals surface area contributed by atoms with Gasteiger partial charge in [0.25, 0.3) is 0 Å². The first-order chi connectivity index (χ1) is 8.08. The first kappa shape index (κ1) is 11.5. The van der Waals surface area contributed by atoms with Gasteiger partial charge in [0, 0.05) is 11.1 Å². The van der Waals surface area contributed by atoms with Crippen LogP contribution in [0.4, 0.5) is 8.78 Å². The summed E-state index contributed by atoms with van der Waals surface area (Å²) in [6.45, 7) is 1.86. The Kier molecular flexibility index (Phi) is 3.00. The van der Waals surface area contributed by atoms with Crippen LogP contribution < -0.4 is 0 Å². The van der Waals surface area contributed by atoms with Crippen molar-refractivity contribution >= 4 is 5.78 Å². The van der Waals surface area contributed by atoms with Gasteiger partial charge in [-0.05, 0) is 31.2 Å². The minimum absolute atomic E-state index is 0.148. The van der Waals surface area contributed by atoms with Crippen molar-refractivity contribution in [2.45, 2.75) is 6.92 Å². The summed E-state index contributed by atoms with van der Waals surface area (Å²) in [5.74, 6) is -2.28. The van der Waals surface area contributed by atoms with E-state index in [2.05, 4.69) is 0 Å². The van der Waals surface area contributed by atoms with Crippen LogP contribution in [0.15, 0.2) is 42.5 Å². The third-order valence-electron chi connectivity index (χ3n) is 2.46. The molecule has 0 spiro atoms. The van der Waals surface area contributed by atoms with Crippen LogP contribution >= 0.6 is 0 Å². The van der Waals surface area contributed by atoms with Gasteiger partial charge in [-0.15, -0.1) is 0 Å². The molecular formula is C14H10F2O. The molecule has 0 aromatic heterocycles. The maximum atomic E-state index is 13.0. The van der Waals surface area contributed by atoms with Gasteiger partial charge in [0.2, 0.25) is 0 Å². The van der Waals surface area contributed by atoms with E-state index in [4.69, 9.17) is 0 Å². The highest BCUT2D eigenvalue weighted by Crippen LogP contribution is 2.14. The van der Waals surface area contributed by atoms with E-state index in [0.29, 0.717) is 5.56 Å². The second kappa shape index (κ2) is 4.45. The Bertz CT molecular complexity index is 576. The fourth-order valence-electron chi connectivity index (χ4n) is 1.59. The average Bonchev–Trinajstić information content (AvgIpc) is 2.32. The second-order valence-electron chi connectivity index (χ2n) is 3.83. The molecule has 0 heterocycles. The van der Waals surface area contributed by atoms with Crippen LogP contribution in [0.1, 0.15) is 21.5 Å². The highest BCUT2D eigenvalue weighted by Gasteiger charge is 2.11. The van der Waals surface area contributed by atoms with Crippen molar-refractivity contribution in [3.63, 3.8) is 0 Å². The van der Waals surface area contributed by atoms with E-state index < -0.39 is 11.6 Å². The molecule has 0 aliphatic rings. The van der Waals surface area contributed by atoms with Crippen molar-refractivity contribution in [2.75, 3.05) is 0 Å². The topological polar surface area (TPSA) is 17.1 Å². The number of rotatable bonds is 2. The number of hydrogen-bond acceptors (Lipinski definition) is 1. The highest BCUT2D eigenvalue weighted by molar-refractivity contribution is 6.09. The summed E-state index contributed by atoms with van der Waals surface area (Å²) < 4.78 is 25.7. The molecule has 2 rings (SSSR count). The number of hydrogen-bond donors (Lipinski definition) is 0. The van der Waals surface area contributed by atoms with Crippen molar-refractivity contribution in [3.8, 4) is 0 Å². The highest BCUT2D eigenvalue weighted by atomic mass is 19.2. The number of benzene rings is 2. The van der Waals surface area contributed by atoms with E-state index >= 15 is 0 Å². The molecule has 0 N–H and O–H groups in total. The number of aryl methyl sites for hydroxylation is 1. The van der Waals surface area contributed by atoms with Crippen LogP contribution in [0.25, 0.3) is 0 Å². The Morgan fingerprint density at radius 2 is 1.65 bits per heavy atom. The van der Waals surface area contributed by atoms with Crippen LogP contribution in [0.3, 0.4) is 0 Å². The van der Waals surface area contributed by atoms with Crippen molar-refractivity contribution in [3.05, 3.63) is 70.8 Å². The van der Waals surface area contributed by atoms with E-state index in [-0.39, 0.29) is 11.3 Å². The number of carbonyl (C=O) groups excluding carboxylic acids is 1. The van der Waals surface area contributed by atoms with Gasteiger partial charge in [-0.2, -0.15) is 0 Å². The summed E-state index contributed by atoms with van der Waals surface area (Å²) >= 11 is 0. The molecule has 0 fully saturated rings. The molecule has 0 saturated heterocycles. The molecule has 3 heteroatoms. The van der Waals surface area contributed by atoms with Gasteiger partial charge in [0.05, 0.1) is 0 Å². The number of ketones is 1. The van der Waals surface area contributed by atoms with Gasteiger partial charge < -0.3 is 0 Å². The standard InChI is InChI=1S/C14H10F2O/c1-9-3-2-4-10(7-9)14(17)11-5-6-12(15)13(16)8-11/h2-8H,1H3. The summed E-state index contributed by atoms with van der Waals surface area (Å²) in [7, 11) is 0. The fraction of sp³-hybridized carbons (Fsp3) is 0.0714. The van der Waals surface area contributed by atoms with Gasteiger partial charge in [-0.3, -0.25) is 4.79 Å². The molecule has 2 aromatic rings. The second-order valence-corrected chi connectivity index (χ2v) is 3.83. The van der Waals surface area contributed by atoms with E-state index in [9.17, 15) is 13.6 Å². The summed E-state index contributed by atoms with van der Waals surface area (Å²) in [4.78, 5) is 12.0. The van der Waals surface area contributed by atoms with E-state index in [1.54, 1.807) is 18.2 Å². The Hall–Kier alpha value is -2.03. The van der Waals surface area contributed by atoms with Gasteiger partial charge in [-0.25, -0.2) is 8.78 Å². The average molecular weight is 232 g/mol. The summed E-state index contributed by atoms with van der Waals surface area (Å²) in [5, 5.41) is 0. The number of carbonyl (C=O) groups is 1. The molecule has 0 aliphatic carbocycles. The zero-order valence-electron chi connectivity index (χ0n) is 9.21. The molecule has 0 amide bonds. The lowest BCUT2D eigenvalue weighted by atomic mass is 10.0. The lowest BCUT2D eigenvalue weighted by Gasteiger charge is -2.02. The Labute approximate surface area is 97.7 Å². The zero-order valence-corrected chi connectivity index (χ0v) is 9.21. The monoisotopic (exact) mass is 232 g/mol. The molecule has 0 bridgehead atoms. The molecule has 2 aromatic carbocycles. The van der Waals surface area contributed by atoms with Crippen molar-refractivity contribution in [2.24, 2.45) is 0 Å². The van der Waals surface area contributed by atoms with E-state index in [1.807, 2.05) is 13.0 Å². The Balaban J connectivity index is 2.40. The molecular weight excluding hydrogens is 222 g/mol. The maximum absolute atomic E-state index is 13.0. The van der Waals surface area contributed by atoms with Gasteiger partial charge in [0.1, 0.15) is 0 Å². The number of halogens is 2. The van der Waals surface area contributed by atoms with Crippen molar-refractivity contribution in [1.29, 1.82) is 0 Å². The molecule has 0 radical (unpaired) electrons. The molecule has 86 valence electrons. The van der Waals surface area contributed by atoms with Crippen LogP contribution in [0.5, 0.6) is 0 Å². The summed E-state index contributed by atoms with van der Waals surface area (Å²) in [5.41, 5.74) is 1.56. The zero-order chi connectivity index (χ0) is 12.4. The smallest absolute Gasteiger partial charge is 0.193 e. The van der Waals surface area contributed by atoms with Crippen molar-refractivity contribution in [1.82, 2.24) is 0 Å². The predicted molar refractivity (Wildman–Crippen MR) is 61.0 cm³/mol. The fourth-order valence-corrected chi connectivity index (χ4v) is 1.59. The van der Waals surface area contributed by atoms with E-state index in [1.165, 1.54) is 6.07 Å². The molecule has 0 atom stereocenters. The van der Waals surface area contributed by atoms with Crippen LogP contribution in [0.2, 0.25) is 0 Å². The Morgan fingerprint density at radius 3 is 2.29 bits per heavy atom. The largest absolute Gasteiger partial charge is 0.289 e. The Morgan fingerprint density at radius 1 is 0.941 bits per heavy atom. The molecule has 17 heavy (non-hydrogen) atoms. The lowest BCUT2D eigenvalue weighted by Crippen LogP contribution is -2.02. The summed E-state index contributed by atoms with van der Waals surface area (Å²) in [6, 6.07) is 10.1. The van der Waals surface area contributed by atoms with Crippen LogP contribution in [-0.2, 0) is 0 Å². The first-order valence-corrected chi connectivity index (χ1v) is 5.14. The third kappa shape index (κ3) is 2.38. The summed E-state index contributed by atoms with van der Waals surface area (Å²) in [6.07, 6.45) is 0. The molecule has 1 nitrogen and oxygen atoms in total. The quantitative estimate of drug-likeness (QED) is 0.724. The van der Waals surface area contributed by atoms with Gasteiger partial charge in [-0.1, -0.05) is 23.8 Å². The van der Waals surface area contributed by atoms with Gasteiger partial charge in [0.15, 0.2) is 17.4 Å². The SMILES string of the molecule is Cc1cccc(C(=O)c2ccc(F)c(F)c2)c1. The molecule has 0 aliphatic heterocycles. The molecule has 0 saturated carbocycles. The molecule has 0 unspecified atom stereocenters. The minimum Gasteiger partial charge on any atom is -0.289 e. The maximum Gasteiger partial charge on any atom is 0.193 e. The normalized spacial score (nSPS) is 10.3. The van der Waals surface area contributed by atoms with Crippen molar-refractivity contribution < 1.29 is 13.6 Å². The third-order valence-corrected chi connectivity index (χ3v) is 2.46. The minimum atomic E-state index is -1.01. The van der Waals surface area contributed by atoms with Crippen LogP contribution in [0, 0.1) is 18.6 Å². The van der Waals surface area contributed by atoms with Gasteiger partial charge >= 0.3 is 0 Å². The first-order valence-electron chi connectivity index (χ1n) is 5.14. The van der Waals surface area contributed by atoms with Crippen LogP contribution in [-0.4, -0.2) is 5.78 Å². The predicted octanol–water partition coefficient (Wildman–Crippen LogP) is 3.50. The lowest BCUT2D eigenvalue weighted by molar-refractivity contribution is 0.103.